The van der Waals surface area contributed by atoms with E-state index in [1.54, 1.807) is 6.08 Å². The molecule has 0 aromatic heterocycles. The lowest BCUT2D eigenvalue weighted by atomic mass is 10.0. The minimum absolute atomic E-state index is 0.000238. The van der Waals surface area contributed by atoms with E-state index in [0.717, 1.165) is 51.4 Å². The predicted molar refractivity (Wildman–Crippen MR) is 319 cm³/mol. The van der Waals surface area contributed by atoms with Gasteiger partial charge in [0, 0.05) is 12.8 Å². The third-order valence-corrected chi connectivity index (χ3v) is 15.1. The molecule has 0 fully saturated rings. The third kappa shape index (κ3) is 59.2. The summed E-state index contributed by atoms with van der Waals surface area (Å²) in [7, 11) is 0. The highest BCUT2D eigenvalue weighted by Crippen LogP contribution is 2.17. The molecule has 0 aliphatic carbocycles. The summed E-state index contributed by atoms with van der Waals surface area (Å²) in [5, 5.41) is 23.2. The Morgan fingerprint density at radius 3 is 0.973 bits per heavy atom. The second-order valence-electron chi connectivity index (χ2n) is 22.4. The van der Waals surface area contributed by atoms with E-state index in [1.807, 2.05) is 6.08 Å². The largest absolute Gasteiger partial charge is 0.466 e. The number of esters is 1. The van der Waals surface area contributed by atoms with E-state index in [4.69, 9.17) is 4.74 Å². The first kappa shape index (κ1) is 71.1. The van der Waals surface area contributed by atoms with Crippen molar-refractivity contribution in [3.63, 3.8) is 0 Å². The van der Waals surface area contributed by atoms with Gasteiger partial charge in [-0.2, -0.15) is 0 Å². The second-order valence-corrected chi connectivity index (χ2v) is 22.4. The number of hydrogen-bond donors (Lipinski definition) is 3. The monoisotopic (exact) mass is 1030 g/mol. The summed E-state index contributed by atoms with van der Waals surface area (Å²) >= 11 is 0. The summed E-state index contributed by atoms with van der Waals surface area (Å²) in [6.45, 7) is 4.91. The molecule has 0 aliphatic rings. The van der Waals surface area contributed by atoms with E-state index in [9.17, 15) is 19.8 Å². The number of carbonyl (C=O) groups is 2. The Balaban J connectivity index is 3.46. The molecule has 3 N–H and O–H groups in total. The fourth-order valence-electron chi connectivity index (χ4n) is 10.1. The van der Waals surface area contributed by atoms with Gasteiger partial charge >= 0.3 is 5.97 Å². The number of hydrogen-bond acceptors (Lipinski definition) is 5. The van der Waals surface area contributed by atoms with Crippen LogP contribution in [0.15, 0.2) is 36.5 Å². The fourth-order valence-corrected chi connectivity index (χ4v) is 10.1. The number of aliphatic hydroxyl groups excluding tert-OH is 2. The third-order valence-electron chi connectivity index (χ3n) is 15.1. The minimum Gasteiger partial charge on any atom is -0.466 e. The van der Waals surface area contributed by atoms with Gasteiger partial charge in [-0.05, 0) is 83.5 Å². The molecular weight excluding hydrogens is 899 g/mol. The Hall–Kier alpha value is -1.92. The van der Waals surface area contributed by atoms with Gasteiger partial charge in [0.2, 0.25) is 5.91 Å². The second kappa shape index (κ2) is 62.6. The highest BCUT2D eigenvalue weighted by molar-refractivity contribution is 5.76. The Kier molecular flexibility index (Phi) is 61.0. The van der Waals surface area contributed by atoms with Crippen molar-refractivity contribution in [2.45, 2.75) is 366 Å². The zero-order valence-electron chi connectivity index (χ0n) is 49.1. The van der Waals surface area contributed by atoms with Gasteiger partial charge in [0.15, 0.2) is 0 Å². The molecule has 6 nitrogen and oxygen atoms in total. The van der Waals surface area contributed by atoms with Crippen molar-refractivity contribution in [2.75, 3.05) is 13.2 Å². The van der Waals surface area contributed by atoms with Gasteiger partial charge in [0.1, 0.15) is 0 Å². The van der Waals surface area contributed by atoms with Crippen LogP contribution in [-0.4, -0.2) is 47.4 Å². The van der Waals surface area contributed by atoms with Gasteiger partial charge in [-0.1, -0.05) is 294 Å². The van der Waals surface area contributed by atoms with Crippen molar-refractivity contribution in [1.29, 1.82) is 0 Å². The van der Waals surface area contributed by atoms with Crippen molar-refractivity contribution in [1.82, 2.24) is 5.32 Å². The van der Waals surface area contributed by atoms with Gasteiger partial charge in [-0.3, -0.25) is 9.59 Å². The van der Waals surface area contributed by atoms with Crippen molar-refractivity contribution in [3.05, 3.63) is 36.5 Å². The molecule has 430 valence electrons. The summed E-state index contributed by atoms with van der Waals surface area (Å²) < 4.78 is 5.49. The van der Waals surface area contributed by atoms with Gasteiger partial charge in [0.25, 0.3) is 0 Å². The molecule has 0 heterocycles. The normalized spacial score (nSPS) is 12.8. The average Bonchev–Trinajstić information content (AvgIpc) is 3.39. The van der Waals surface area contributed by atoms with E-state index in [2.05, 4.69) is 43.5 Å². The predicted octanol–water partition coefficient (Wildman–Crippen LogP) is 20.8. The molecule has 0 aliphatic heterocycles. The Morgan fingerprint density at radius 1 is 0.370 bits per heavy atom. The smallest absolute Gasteiger partial charge is 0.305 e. The molecule has 0 saturated heterocycles. The van der Waals surface area contributed by atoms with Crippen LogP contribution < -0.4 is 5.32 Å². The van der Waals surface area contributed by atoms with E-state index in [1.165, 1.54) is 276 Å². The molecule has 6 heteroatoms. The summed E-state index contributed by atoms with van der Waals surface area (Å²) in [6, 6.07) is -0.636. The number of carbonyl (C=O) groups excluding carboxylic acids is 2. The summed E-state index contributed by atoms with van der Waals surface area (Å²) in [5.41, 5.74) is 0. The molecule has 0 spiro atoms. The maximum absolute atomic E-state index is 12.5. The number of allylic oxidation sites excluding steroid dienone is 5. The first-order valence-corrected chi connectivity index (χ1v) is 32.8. The standard InChI is InChI=1S/C67H127NO5/c1-3-5-7-9-11-13-15-17-19-21-22-24-28-31-35-39-43-47-51-55-59-65(70)64(63-69)68-66(71)60-56-52-48-44-40-36-32-29-25-23-26-30-34-38-42-46-50-54-58-62-73-67(72)61-57-53-49-45-41-37-33-27-20-18-16-14-12-10-8-6-4-2/h18,20,23,25,55,59,64-65,69-70H,3-17,19,21-22,24,26-54,56-58,60-63H2,1-2H3,(H,68,71)/b20-18-,25-23-,59-55+. The quantitative estimate of drug-likeness (QED) is 0.0320. The summed E-state index contributed by atoms with van der Waals surface area (Å²) in [5.74, 6) is -0.0748. The van der Waals surface area contributed by atoms with Crippen LogP contribution in [0.25, 0.3) is 0 Å². The zero-order chi connectivity index (χ0) is 52.9. The van der Waals surface area contributed by atoms with Crippen molar-refractivity contribution < 1.29 is 24.5 Å². The highest BCUT2D eigenvalue weighted by atomic mass is 16.5. The number of amides is 1. The molecule has 0 aromatic carbocycles. The van der Waals surface area contributed by atoms with Gasteiger partial charge < -0.3 is 20.3 Å². The van der Waals surface area contributed by atoms with Crippen LogP contribution in [0.3, 0.4) is 0 Å². The number of nitrogens with one attached hydrogen (secondary N) is 1. The van der Waals surface area contributed by atoms with Gasteiger partial charge in [-0.25, -0.2) is 0 Å². The molecule has 73 heavy (non-hydrogen) atoms. The molecular formula is C67H127NO5. The van der Waals surface area contributed by atoms with Crippen LogP contribution in [-0.2, 0) is 14.3 Å². The molecule has 0 aromatic rings. The Morgan fingerprint density at radius 2 is 0.644 bits per heavy atom. The number of rotatable bonds is 61. The molecule has 1 amide bonds. The maximum atomic E-state index is 12.5. The van der Waals surface area contributed by atoms with Crippen LogP contribution in [0.5, 0.6) is 0 Å². The minimum atomic E-state index is -0.852. The molecule has 0 radical (unpaired) electrons. The first-order chi connectivity index (χ1) is 36.0. The topological polar surface area (TPSA) is 95.9 Å². The maximum Gasteiger partial charge on any atom is 0.305 e. The summed E-state index contributed by atoms with van der Waals surface area (Å²) in [6.07, 6.45) is 79.0. The number of aliphatic hydroxyl groups is 2. The SMILES string of the molecule is CCCCCCCC/C=C\CCCCCCCCCC(=O)OCCCCCCCCCC/C=C\CCCCCCCCCC(=O)NC(CO)C(O)/C=C/CCCCCCCCCCCCCCCCCCCC. The van der Waals surface area contributed by atoms with E-state index in [-0.39, 0.29) is 18.5 Å². The van der Waals surface area contributed by atoms with Crippen molar-refractivity contribution in [2.24, 2.45) is 0 Å². The van der Waals surface area contributed by atoms with Crippen LogP contribution in [0.2, 0.25) is 0 Å². The lowest BCUT2D eigenvalue weighted by molar-refractivity contribution is -0.143. The van der Waals surface area contributed by atoms with Crippen LogP contribution in [0.1, 0.15) is 354 Å². The lowest BCUT2D eigenvalue weighted by Gasteiger charge is -2.20. The number of ether oxygens (including phenoxy) is 1. The number of unbranched alkanes of at least 4 members (excludes halogenated alkanes) is 46. The van der Waals surface area contributed by atoms with Crippen molar-refractivity contribution >= 4 is 11.9 Å². The van der Waals surface area contributed by atoms with E-state index < -0.39 is 12.1 Å². The van der Waals surface area contributed by atoms with Crippen LogP contribution in [0.4, 0.5) is 0 Å². The van der Waals surface area contributed by atoms with E-state index in [0.29, 0.717) is 19.4 Å². The Bertz CT molecular complexity index is 1180. The molecule has 0 bridgehead atoms. The van der Waals surface area contributed by atoms with Crippen LogP contribution >= 0.6 is 0 Å². The van der Waals surface area contributed by atoms with Crippen LogP contribution in [0, 0.1) is 0 Å². The molecule has 2 atom stereocenters. The summed E-state index contributed by atoms with van der Waals surface area (Å²) in [4.78, 5) is 24.6. The average molecular weight is 1030 g/mol. The first-order valence-electron chi connectivity index (χ1n) is 32.8. The van der Waals surface area contributed by atoms with E-state index >= 15 is 0 Å². The Labute approximate surface area is 455 Å². The highest BCUT2D eigenvalue weighted by Gasteiger charge is 2.18. The lowest BCUT2D eigenvalue weighted by Crippen LogP contribution is -2.45. The zero-order valence-corrected chi connectivity index (χ0v) is 49.1. The fraction of sp³-hybridized carbons (Fsp3) is 0.881. The van der Waals surface area contributed by atoms with Crippen molar-refractivity contribution in [3.8, 4) is 0 Å². The molecule has 2 unspecified atom stereocenters. The van der Waals surface area contributed by atoms with Gasteiger partial charge in [0.05, 0.1) is 25.4 Å². The molecule has 0 rings (SSSR count). The van der Waals surface area contributed by atoms with Gasteiger partial charge in [-0.15, -0.1) is 0 Å². The molecule has 0 saturated carbocycles.